The minimum absolute atomic E-state index is 0.0557. The lowest BCUT2D eigenvalue weighted by atomic mass is 9.33. The van der Waals surface area contributed by atoms with Gasteiger partial charge in [0.15, 0.2) is 0 Å². The summed E-state index contributed by atoms with van der Waals surface area (Å²) in [7, 11) is 0. The van der Waals surface area contributed by atoms with E-state index in [0.717, 1.165) is 12.8 Å². The molecule has 0 amide bonds. The monoisotopic (exact) mass is 424 g/mol. The summed E-state index contributed by atoms with van der Waals surface area (Å²) in [5, 5.41) is 0. The van der Waals surface area contributed by atoms with Gasteiger partial charge < -0.3 is 0 Å². The lowest BCUT2D eigenvalue weighted by molar-refractivity contribution is -0.187. The molecule has 1 nitrogen and oxygen atoms in total. The maximum absolute atomic E-state index is 14.2. The van der Waals surface area contributed by atoms with Crippen LogP contribution in [0.3, 0.4) is 0 Å². The summed E-state index contributed by atoms with van der Waals surface area (Å²) < 4.78 is 0. The summed E-state index contributed by atoms with van der Waals surface area (Å²) in [4.78, 5) is 14.2. The largest absolute Gasteiger partial charge is 0.299 e. The molecule has 0 aromatic heterocycles. The molecule has 0 N–H and O–H groups in total. The Morgan fingerprint density at radius 3 is 2.19 bits per heavy atom. The second-order valence-corrected chi connectivity index (χ2v) is 15.1. The molecule has 4 fully saturated rings. The lowest BCUT2D eigenvalue weighted by Gasteiger charge is -2.70. The third-order valence-corrected chi connectivity index (χ3v) is 12.6. The van der Waals surface area contributed by atoms with Gasteiger partial charge in [0.05, 0.1) is 0 Å². The smallest absolute Gasteiger partial charge is 0.140 e. The number of fused-ring (bicyclic) bond motifs is 7. The third-order valence-electron chi connectivity index (χ3n) is 12.6. The SMILES string of the molecule is CC1(C)CCC2(C)CCC3(C)C(=CCC4C5(C)CCCC(C)(C)C5CC(=O)C43C)C2C1. The summed E-state index contributed by atoms with van der Waals surface area (Å²) in [5.74, 6) is 2.36. The number of hydrogen-bond donors (Lipinski definition) is 0. The van der Waals surface area contributed by atoms with Crippen LogP contribution >= 0.6 is 0 Å². The minimum Gasteiger partial charge on any atom is -0.299 e. The summed E-state index contributed by atoms with van der Waals surface area (Å²) in [6.07, 6.45) is 15.2. The quantitative estimate of drug-likeness (QED) is 0.357. The van der Waals surface area contributed by atoms with Crippen molar-refractivity contribution in [2.24, 2.45) is 50.2 Å². The van der Waals surface area contributed by atoms with E-state index in [-0.39, 0.29) is 10.8 Å². The Bertz CT molecular complexity index is 831. The van der Waals surface area contributed by atoms with E-state index in [2.05, 4.69) is 61.5 Å². The van der Waals surface area contributed by atoms with Crippen molar-refractivity contribution in [3.63, 3.8) is 0 Å². The molecule has 0 spiro atoms. The highest BCUT2D eigenvalue weighted by Gasteiger charge is 2.70. The summed E-state index contributed by atoms with van der Waals surface area (Å²) in [5.41, 5.74) is 3.07. The molecule has 0 saturated heterocycles. The summed E-state index contributed by atoms with van der Waals surface area (Å²) in [6.45, 7) is 20.0. The van der Waals surface area contributed by atoms with E-state index in [4.69, 9.17) is 0 Å². The first-order valence-electron chi connectivity index (χ1n) is 13.4. The van der Waals surface area contributed by atoms with Crippen molar-refractivity contribution in [3.05, 3.63) is 11.6 Å². The molecule has 0 aliphatic heterocycles. The fourth-order valence-corrected chi connectivity index (χ4v) is 10.3. The van der Waals surface area contributed by atoms with Crippen LogP contribution in [0.4, 0.5) is 0 Å². The first-order chi connectivity index (χ1) is 14.2. The summed E-state index contributed by atoms with van der Waals surface area (Å²) in [6, 6.07) is 0. The van der Waals surface area contributed by atoms with E-state index in [1.165, 1.54) is 51.4 Å². The van der Waals surface area contributed by atoms with Gasteiger partial charge in [-0.2, -0.15) is 0 Å². The zero-order valence-corrected chi connectivity index (χ0v) is 21.8. The molecule has 5 aliphatic carbocycles. The van der Waals surface area contributed by atoms with Crippen molar-refractivity contribution >= 4 is 5.78 Å². The number of rotatable bonds is 0. The number of hydrogen-bond acceptors (Lipinski definition) is 1. The lowest BCUT2D eigenvalue weighted by Crippen LogP contribution is -2.66. The highest BCUT2D eigenvalue weighted by atomic mass is 16.1. The van der Waals surface area contributed by atoms with Crippen molar-refractivity contribution in [2.75, 3.05) is 0 Å². The molecular formula is C30H48O. The first kappa shape index (κ1) is 22.2. The van der Waals surface area contributed by atoms with Crippen LogP contribution in [0, 0.1) is 50.2 Å². The van der Waals surface area contributed by atoms with Crippen molar-refractivity contribution in [1.29, 1.82) is 0 Å². The van der Waals surface area contributed by atoms with Gasteiger partial charge in [0.2, 0.25) is 0 Å². The molecule has 31 heavy (non-hydrogen) atoms. The van der Waals surface area contributed by atoms with E-state index in [0.29, 0.717) is 45.2 Å². The van der Waals surface area contributed by atoms with E-state index >= 15 is 0 Å². The predicted molar refractivity (Wildman–Crippen MR) is 130 cm³/mol. The molecule has 7 unspecified atom stereocenters. The highest BCUT2D eigenvalue weighted by molar-refractivity contribution is 5.88. The highest BCUT2D eigenvalue weighted by Crippen LogP contribution is 2.74. The van der Waals surface area contributed by atoms with E-state index in [1.54, 1.807) is 5.57 Å². The zero-order chi connectivity index (χ0) is 22.7. The van der Waals surface area contributed by atoms with Crippen molar-refractivity contribution in [1.82, 2.24) is 0 Å². The first-order valence-corrected chi connectivity index (χ1v) is 13.4. The van der Waals surface area contributed by atoms with Crippen LogP contribution in [0.5, 0.6) is 0 Å². The average molecular weight is 425 g/mol. The van der Waals surface area contributed by atoms with Gasteiger partial charge in [-0.3, -0.25) is 4.79 Å². The topological polar surface area (TPSA) is 17.1 Å². The van der Waals surface area contributed by atoms with Crippen molar-refractivity contribution in [2.45, 2.75) is 120 Å². The average Bonchev–Trinajstić information content (AvgIpc) is 2.66. The molecule has 174 valence electrons. The van der Waals surface area contributed by atoms with Crippen LogP contribution in [0.25, 0.3) is 0 Å². The van der Waals surface area contributed by atoms with Crippen LogP contribution < -0.4 is 0 Å². The summed E-state index contributed by atoms with van der Waals surface area (Å²) >= 11 is 0. The Hall–Kier alpha value is -0.590. The standard InChI is InChI=1S/C30H48O/c1-25(2)14-15-27(5)16-17-29(7)20(21(27)19-25)10-11-22-28(6)13-9-12-26(3,4)23(28)18-24(31)30(22,29)8/h10,21-23H,9,11-19H2,1-8H3. The zero-order valence-electron chi connectivity index (χ0n) is 21.8. The second-order valence-electron chi connectivity index (χ2n) is 15.1. The maximum atomic E-state index is 14.2. The van der Waals surface area contributed by atoms with E-state index in [9.17, 15) is 4.79 Å². The van der Waals surface area contributed by atoms with Crippen LogP contribution in [0.2, 0.25) is 0 Å². The minimum atomic E-state index is -0.182. The Morgan fingerprint density at radius 1 is 0.806 bits per heavy atom. The molecule has 5 aliphatic rings. The number of carbonyl (C=O) groups is 1. The fourth-order valence-electron chi connectivity index (χ4n) is 10.3. The molecule has 7 atom stereocenters. The molecule has 0 radical (unpaired) electrons. The molecule has 0 heterocycles. The normalized spacial score (nSPS) is 52.8. The van der Waals surface area contributed by atoms with Gasteiger partial charge >= 0.3 is 0 Å². The van der Waals surface area contributed by atoms with Gasteiger partial charge in [-0.1, -0.05) is 73.5 Å². The number of Topliss-reactive ketones (excluding diaryl/α,β-unsaturated/α-hetero) is 1. The number of carbonyl (C=O) groups excluding carboxylic acids is 1. The number of allylic oxidation sites excluding steroid dienone is 2. The molecule has 4 saturated carbocycles. The van der Waals surface area contributed by atoms with Gasteiger partial charge in [0.25, 0.3) is 0 Å². The van der Waals surface area contributed by atoms with Crippen LogP contribution in [0.15, 0.2) is 11.6 Å². The van der Waals surface area contributed by atoms with Gasteiger partial charge in [-0.15, -0.1) is 0 Å². The van der Waals surface area contributed by atoms with Gasteiger partial charge in [-0.25, -0.2) is 0 Å². The van der Waals surface area contributed by atoms with Crippen molar-refractivity contribution < 1.29 is 4.79 Å². The van der Waals surface area contributed by atoms with Crippen LogP contribution in [-0.2, 0) is 4.79 Å². The van der Waals surface area contributed by atoms with Gasteiger partial charge in [-0.05, 0) is 90.8 Å². The molecule has 0 bridgehead atoms. The molecular weight excluding hydrogens is 376 g/mol. The van der Waals surface area contributed by atoms with Gasteiger partial charge in [0.1, 0.15) is 5.78 Å². The second kappa shape index (κ2) is 6.29. The van der Waals surface area contributed by atoms with Crippen LogP contribution in [-0.4, -0.2) is 5.78 Å². The van der Waals surface area contributed by atoms with Crippen molar-refractivity contribution in [3.8, 4) is 0 Å². The Labute approximate surface area is 192 Å². The Kier molecular flexibility index (Phi) is 4.51. The maximum Gasteiger partial charge on any atom is 0.140 e. The molecule has 5 rings (SSSR count). The number of ketones is 1. The predicted octanol–water partition coefficient (Wildman–Crippen LogP) is 8.38. The van der Waals surface area contributed by atoms with Crippen LogP contribution in [0.1, 0.15) is 120 Å². The molecule has 0 aromatic carbocycles. The van der Waals surface area contributed by atoms with Gasteiger partial charge in [0, 0.05) is 17.3 Å². The molecule has 1 heteroatoms. The Morgan fingerprint density at radius 2 is 1.48 bits per heavy atom. The molecule has 0 aromatic rings. The van der Waals surface area contributed by atoms with E-state index < -0.39 is 0 Å². The van der Waals surface area contributed by atoms with E-state index in [1.807, 2.05) is 0 Å². The Balaban J connectivity index is 1.62. The fraction of sp³-hybridized carbons (Fsp3) is 0.900. The third kappa shape index (κ3) is 2.70.